The quantitative estimate of drug-likeness (QED) is 0.572. The summed E-state index contributed by atoms with van der Waals surface area (Å²) in [5.41, 5.74) is 1.05. The lowest BCUT2D eigenvalue weighted by molar-refractivity contribution is -0.122. The largest absolute Gasteiger partial charge is 0.459 e. The smallest absolute Gasteiger partial charge is 0.251 e. The van der Waals surface area contributed by atoms with Gasteiger partial charge >= 0.3 is 0 Å². The fraction of sp³-hybridized carbons (Fsp3) is 0.182. The van der Waals surface area contributed by atoms with Crippen LogP contribution >= 0.6 is 11.6 Å². The third kappa shape index (κ3) is 4.85. The molecule has 1 fully saturated rings. The Labute approximate surface area is 190 Å². The molecule has 2 aromatic carbocycles. The van der Waals surface area contributed by atoms with E-state index < -0.39 is 15.9 Å². The van der Waals surface area contributed by atoms with Gasteiger partial charge in [0.05, 0.1) is 18.0 Å². The minimum atomic E-state index is -3.88. The summed E-state index contributed by atoms with van der Waals surface area (Å²) in [6, 6.07) is 16.5. The van der Waals surface area contributed by atoms with E-state index in [1.165, 1.54) is 24.3 Å². The zero-order chi connectivity index (χ0) is 22.7. The fourth-order valence-corrected chi connectivity index (χ4v) is 4.85. The Morgan fingerprint density at radius 2 is 1.91 bits per heavy atom. The van der Waals surface area contributed by atoms with Crippen molar-refractivity contribution in [2.45, 2.75) is 11.4 Å². The molecule has 0 aliphatic carbocycles. The number of nitrogens with one attached hydrogen (secondary N) is 2. The van der Waals surface area contributed by atoms with Crippen molar-refractivity contribution in [2.75, 3.05) is 19.6 Å². The van der Waals surface area contributed by atoms with Crippen LogP contribution in [0.2, 0.25) is 5.02 Å². The Balaban J connectivity index is 1.43. The van der Waals surface area contributed by atoms with Crippen LogP contribution in [0.5, 0.6) is 0 Å². The fourth-order valence-electron chi connectivity index (χ4n) is 3.28. The lowest BCUT2D eigenvalue weighted by Crippen LogP contribution is -2.49. The second kappa shape index (κ2) is 9.15. The van der Waals surface area contributed by atoms with Crippen molar-refractivity contribution in [1.82, 2.24) is 14.9 Å². The van der Waals surface area contributed by atoms with Crippen LogP contribution in [0.25, 0.3) is 11.3 Å². The minimum Gasteiger partial charge on any atom is -0.459 e. The standard InChI is InChI=1S/C22H20ClN3O5S/c23-17-6-4-15(5-7-17)20-9-8-18(31-20)13-25-22(28)16-2-1-3-19(12-16)32(29,30)26-11-10-24-21(27)14-26/h1-9,12H,10-11,13-14H2,(H,24,27)(H,25,28). The molecule has 1 saturated heterocycles. The number of carbonyl (C=O) groups excluding carboxylic acids is 2. The van der Waals surface area contributed by atoms with E-state index in [0.29, 0.717) is 16.5 Å². The van der Waals surface area contributed by atoms with Crippen LogP contribution < -0.4 is 10.6 Å². The first kappa shape index (κ1) is 22.1. The minimum absolute atomic E-state index is 0.0390. The lowest BCUT2D eigenvalue weighted by Gasteiger charge is -2.26. The molecule has 0 radical (unpaired) electrons. The molecule has 2 N–H and O–H groups in total. The average molecular weight is 474 g/mol. The number of furan rings is 1. The van der Waals surface area contributed by atoms with Gasteiger partial charge in [0.2, 0.25) is 15.9 Å². The average Bonchev–Trinajstić information content (AvgIpc) is 3.27. The van der Waals surface area contributed by atoms with Crippen molar-refractivity contribution in [3.63, 3.8) is 0 Å². The summed E-state index contributed by atoms with van der Waals surface area (Å²) in [5.74, 6) is 0.393. The van der Waals surface area contributed by atoms with Crippen LogP contribution in [0.3, 0.4) is 0 Å². The summed E-state index contributed by atoms with van der Waals surface area (Å²) in [6.07, 6.45) is 0. The van der Waals surface area contributed by atoms with Gasteiger partial charge in [-0.05, 0) is 54.6 Å². The number of hydrogen-bond acceptors (Lipinski definition) is 5. The summed E-state index contributed by atoms with van der Waals surface area (Å²) in [6.45, 7) is 0.321. The number of carbonyl (C=O) groups is 2. The molecular weight excluding hydrogens is 454 g/mol. The Morgan fingerprint density at radius 1 is 1.12 bits per heavy atom. The molecule has 1 aliphatic rings. The number of sulfonamides is 1. The molecule has 8 nitrogen and oxygen atoms in total. The van der Waals surface area contributed by atoms with Crippen molar-refractivity contribution in [1.29, 1.82) is 0 Å². The van der Waals surface area contributed by atoms with Gasteiger partial charge in [-0.1, -0.05) is 17.7 Å². The van der Waals surface area contributed by atoms with Crippen LogP contribution in [0.4, 0.5) is 0 Å². The Hall–Kier alpha value is -3.14. The van der Waals surface area contributed by atoms with Gasteiger partial charge in [0.1, 0.15) is 11.5 Å². The molecule has 166 valence electrons. The Bertz CT molecular complexity index is 1250. The van der Waals surface area contributed by atoms with Crippen LogP contribution in [0.15, 0.2) is 70.0 Å². The summed E-state index contributed by atoms with van der Waals surface area (Å²) in [4.78, 5) is 24.1. The maximum Gasteiger partial charge on any atom is 0.251 e. The molecule has 10 heteroatoms. The summed E-state index contributed by atoms with van der Waals surface area (Å²) in [5, 5.41) is 5.94. The summed E-state index contributed by atoms with van der Waals surface area (Å²) in [7, 11) is -3.88. The van der Waals surface area contributed by atoms with Gasteiger partial charge in [0.25, 0.3) is 5.91 Å². The molecule has 0 saturated carbocycles. The third-order valence-corrected chi connectivity index (χ3v) is 7.04. The third-order valence-electron chi connectivity index (χ3n) is 4.95. The van der Waals surface area contributed by atoms with E-state index in [1.54, 1.807) is 24.3 Å². The number of halogens is 1. The molecule has 2 amide bonds. The van der Waals surface area contributed by atoms with Gasteiger partial charge in [-0.3, -0.25) is 9.59 Å². The van der Waals surface area contributed by atoms with Crippen LogP contribution in [-0.4, -0.2) is 44.2 Å². The van der Waals surface area contributed by atoms with Gasteiger partial charge in [0, 0.05) is 29.2 Å². The highest BCUT2D eigenvalue weighted by Gasteiger charge is 2.29. The van der Waals surface area contributed by atoms with Gasteiger partial charge in [-0.25, -0.2) is 8.42 Å². The molecule has 0 unspecified atom stereocenters. The first-order chi connectivity index (χ1) is 15.3. The number of piperazine rings is 1. The summed E-state index contributed by atoms with van der Waals surface area (Å²) < 4.78 is 32.5. The highest BCUT2D eigenvalue weighted by molar-refractivity contribution is 7.89. The topological polar surface area (TPSA) is 109 Å². The molecule has 0 spiro atoms. The maximum absolute atomic E-state index is 12.8. The van der Waals surface area contributed by atoms with E-state index in [1.807, 2.05) is 12.1 Å². The van der Waals surface area contributed by atoms with E-state index >= 15 is 0 Å². The highest BCUT2D eigenvalue weighted by atomic mass is 35.5. The number of benzene rings is 2. The van der Waals surface area contributed by atoms with Crippen molar-refractivity contribution in [3.05, 3.63) is 77.0 Å². The predicted molar refractivity (Wildman–Crippen MR) is 119 cm³/mol. The van der Waals surface area contributed by atoms with Crippen molar-refractivity contribution >= 4 is 33.4 Å². The molecule has 0 bridgehead atoms. The van der Waals surface area contributed by atoms with Gasteiger partial charge in [0.15, 0.2) is 0 Å². The van der Waals surface area contributed by atoms with E-state index in [4.69, 9.17) is 16.0 Å². The molecule has 0 atom stereocenters. The first-order valence-electron chi connectivity index (χ1n) is 9.83. The predicted octanol–water partition coefficient (Wildman–Crippen LogP) is 2.65. The van der Waals surface area contributed by atoms with E-state index in [9.17, 15) is 18.0 Å². The highest BCUT2D eigenvalue weighted by Crippen LogP contribution is 2.24. The van der Waals surface area contributed by atoms with E-state index in [-0.39, 0.29) is 42.5 Å². The Morgan fingerprint density at radius 3 is 2.66 bits per heavy atom. The monoisotopic (exact) mass is 473 g/mol. The molecular formula is C22H20ClN3O5S. The second-order valence-electron chi connectivity index (χ2n) is 7.17. The number of rotatable bonds is 6. The number of amides is 2. The van der Waals surface area contributed by atoms with Crippen molar-refractivity contribution < 1.29 is 22.4 Å². The number of nitrogens with zero attached hydrogens (tertiary/aromatic N) is 1. The molecule has 3 aromatic rings. The van der Waals surface area contributed by atoms with Crippen molar-refractivity contribution in [3.8, 4) is 11.3 Å². The first-order valence-corrected chi connectivity index (χ1v) is 11.6. The molecule has 4 rings (SSSR count). The normalized spacial score (nSPS) is 14.7. The number of hydrogen-bond donors (Lipinski definition) is 2. The van der Waals surface area contributed by atoms with Crippen LogP contribution in [0.1, 0.15) is 16.1 Å². The van der Waals surface area contributed by atoms with Gasteiger partial charge < -0.3 is 15.1 Å². The van der Waals surface area contributed by atoms with Gasteiger partial charge in [-0.2, -0.15) is 4.31 Å². The van der Waals surface area contributed by atoms with E-state index in [0.717, 1.165) is 9.87 Å². The Kier molecular flexibility index (Phi) is 6.31. The summed E-state index contributed by atoms with van der Waals surface area (Å²) >= 11 is 5.90. The van der Waals surface area contributed by atoms with Crippen LogP contribution in [0, 0.1) is 0 Å². The van der Waals surface area contributed by atoms with E-state index in [2.05, 4.69) is 10.6 Å². The zero-order valence-electron chi connectivity index (χ0n) is 16.9. The second-order valence-corrected chi connectivity index (χ2v) is 9.55. The SMILES string of the molecule is O=C1CN(S(=O)(=O)c2cccc(C(=O)NCc3ccc(-c4ccc(Cl)cc4)o3)c2)CCN1. The molecule has 1 aliphatic heterocycles. The van der Waals surface area contributed by atoms with Crippen LogP contribution in [-0.2, 0) is 21.4 Å². The molecule has 1 aromatic heterocycles. The lowest BCUT2D eigenvalue weighted by atomic mass is 10.2. The zero-order valence-corrected chi connectivity index (χ0v) is 18.4. The van der Waals surface area contributed by atoms with Crippen molar-refractivity contribution in [2.24, 2.45) is 0 Å². The molecule has 32 heavy (non-hydrogen) atoms. The van der Waals surface area contributed by atoms with Gasteiger partial charge in [-0.15, -0.1) is 0 Å². The molecule has 2 heterocycles. The maximum atomic E-state index is 12.8.